The molecule has 0 spiro atoms. The maximum Gasteiger partial charge on any atom is 0.316 e. The van der Waals surface area contributed by atoms with Crippen LogP contribution in [0.3, 0.4) is 0 Å². The summed E-state index contributed by atoms with van der Waals surface area (Å²) >= 11 is 0. The Balaban J connectivity index is 2.46. The molecule has 0 unspecified atom stereocenters. The molecule has 1 aromatic carbocycles. The molecule has 1 aromatic rings. The summed E-state index contributed by atoms with van der Waals surface area (Å²) in [6.45, 7) is 0. The predicted octanol–water partition coefficient (Wildman–Crippen LogP) is 2.17. The lowest BCUT2D eigenvalue weighted by atomic mass is 9.95. The molecule has 0 atom stereocenters. The number of hydrogen-bond acceptors (Lipinski definition) is 2. The van der Waals surface area contributed by atoms with Gasteiger partial charge in [0.25, 0.3) is 0 Å². The first kappa shape index (κ1) is 10.1. The van der Waals surface area contributed by atoms with Crippen LogP contribution in [0.25, 0.3) is 0 Å². The van der Waals surface area contributed by atoms with Crippen molar-refractivity contribution in [3.8, 4) is 0 Å². The molecule has 1 fully saturated rings. The van der Waals surface area contributed by atoms with Gasteiger partial charge in [-0.15, -0.1) is 0 Å². The highest BCUT2D eigenvalue weighted by molar-refractivity contribution is 5.86. The lowest BCUT2D eigenvalue weighted by Crippen LogP contribution is -2.23. The van der Waals surface area contributed by atoms with Crippen molar-refractivity contribution >= 4 is 5.97 Å². The van der Waals surface area contributed by atoms with Gasteiger partial charge in [-0.1, -0.05) is 12.1 Å². The van der Waals surface area contributed by atoms with Gasteiger partial charge in [-0.05, 0) is 18.9 Å². The SMILES string of the molecule is COC(=O)C1(c2cccc(F)c2F)CC1. The summed E-state index contributed by atoms with van der Waals surface area (Å²) in [6.07, 6.45) is 1.03. The van der Waals surface area contributed by atoms with Gasteiger partial charge in [0.05, 0.1) is 12.5 Å². The minimum Gasteiger partial charge on any atom is -0.468 e. The minimum atomic E-state index is -0.944. The number of methoxy groups -OCH3 is 1. The van der Waals surface area contributed by atoms with Crippen LogP contribution in [-0.2, 0) is 14.9 Å². The van der Waals surface area contributed by atoms with Gasteiger partial charge in [0.1, 0.15) is 0 Å². The van der Waals surface area contributed by atoms with E-state index in [0.29, 0.717) is 12.8 Å². The van der Waals surface area contributed by atoms with Gasteiger partial charge in [0.2, 0.25) is 0 Å². The average Bonchev–Trinajstić information content (AvgIpc) is 3.02. The van der Waals surface area contributed by atoms with Crippen molar-refractivity contribution in [1.82, 2.24) is 0 Å². The van der Waals surface area contributed by atoms with Crippen LogP contribution in [-0.4, -0.2) is 13.1 Å². The first-order chi connectivity index (χ1) is 7.12. The van der Waals surface area contributed by atoms with Crippen molar-refractivity contribution in [3.63, 3.8) is 0 Å². The van der Waals surface area contributed by atoms with Crippen LogP contribution in [0.4, 0.5) is 8.78 Å². The Morgan fingerprint density at radius 2 is 2.07 bits per heavy atom. The number of halogens is 2. The zero-order valence-electron chi connectivity index (χ0n) is 8.22. The standard InChI is InChI=1S/C11H10F2O2/c1-15-10(14)11(5-6-11)7-3-2-4-8(12)9(7)13/h2-4H,5-6H2,1H3. The first-order valence-corrected chi connectivity index (χ1v) is 4.65. The third kappa shape index (κ3) is 1.40. The Morgan fingerprint density at radius 3 is 2.60 bits per heavy atom. The highest BCUT2D eigenvalue weighted by Gasteiger charge is 2.54. The maximum atomic E-state index is 13.5. The molecule has 1 aliphatic carbocycles. The lowest BCUT2D eigenvalue weighted by molar-refractivity contribution is -0.143. The predicted molar refractivity (Wildman–Crippen MR) is 49.3 cm³/mol. The number of ether oxygens (including phenoxy) is 1. The fraction of sp³-hybridized carbons (Fsp3) is 0.364. The van der Waals surface area contributed by atoms with E-state index < -0.39 is 23.0 Å². The third-order valence-electron chi connectivity index (χ3n) is 2.79. The van der Waals surface area contributed by atoms with Crippen molar-refractivity contribution in [3.05, 3.63) is 35.4 Å². The molecule has 0 bridgehead atoms. The highest BCUT2D eigenvalue weighted by atomic mass is 19.2. The minimum absolute atomic E-state index is 0.106. The highest BCUT2D eigenvalue weighted by Crippen LogP contribution is 2.50. The van der Waals surface area contributed by atoms with Crippen LogP contribution >= 0.6 is 0 Å². The van der Waals surface area contributed by atoms with E-state index in [-0.39, 0.29) is 5.56 Å². The summed E-state index contributed by atoms with van der Waals surface area (Å²) in [5.74, 6) is -2.37. The largest absolute Gasteiger partial charge is 0.468 e. The molecule has 4 heteroatoms. The van der Waals surface area contributed by atoms with Gasteiger partial charge < -0.3 is 4.74 Å². The molecular formula is C11H10F2O2. The summed E-state index contributed by atoms with van der Waals surface area (Å²) in [7, 11) is 1.25. The Bertz CT molecular complexity index is 411. The number of carbonyl (C=O) groups excluding carboxylic acids is 1. The van der Waals surface area contributed by atoms with E-state index >= 15 is 0 Å². The van der Waals surface area contributed by atoms with Crippen LogP contribution < -0.4 is 0 Å². The fourth-order valence-electron chi connectivity index (χ4n) is 1.78. The maximum absolute atomic E-state index is 13.5. The molecule has 0 radical (unpaired) electrons. The summed E-state index contributed by atoms with van der Waals surface area (Å²) in [6, 6.07) is 3.87. The molecule has 0 saturated heterocycles. The van der Waals surface area contributed by atoms with Crippen LogP contribution in [0.5, 0.6) is 0 Å². The van der Waals surface area contributed by atoms with Crippen molar-refractivity contribution in [1.29, 1.82) is 0 Å². The van der Waals surface area contributed by atoms with Gasteiger partial charge in [0, 0.05) is 5.56 Å². The second-order valence-electron chi connectivity index (χ2n) is 3.68. The summed E-state index contributed by atoms with van der Waals surface area (Å²) in [5.41, 5.74) is -0.838. The smallest absolute Gasteiger partial charge is 0.316 e. The number of benzene rings is 1. The van der Waals surface area contributed by atoms with Crippen molar-refractivity contribution in [2.24, 2.45) is 0 Å². The first-order valence-electron chi connectivity index (χ1n) is 4.65. The van der Waals surface area contributed by atoms with E-state index in [1.807, 2.05) is 0 Å². The second-order valence-corrected chi connectivity index (χ2v) is 3.68. The number of esters is 1. The number of carbonyl (C=O) groups is 1. The molecule has 0 aliphatic heterocycles. The third-order valence-corrected chi connectivity index (χ3v) is 2.79. The zero-order valence-corrected chi connectivity index (χ0v) is 8.22. The summed E-state index contributed by atoms with van der Waals surface area (Å²) in [5, 5.41) is 0. The summed E-state index contributed by atoms with van der Waals surface area (Å²) < 4.78 is 31.0. The molecule has 80 valence electrons. The lowest BCUT2D eigenvalue weighted by Gasteiger charge is -2.13. The van der Waals surface area contributed by atoms with E-state index in [4.69, 9.17) is 0 Å². The van der Waals surface area contributed by atoms with Gasteiger partial charge in [-0.3, -0.25) is 4.79 Å². The van der Waals surface area contributed by atoms with Gasteiger partial charge in [-0.2, -0.15) is 0 Å². The average molecular weight is 212 g/mol. The Morgan fingerprint density at radius 1 is 1.40 bits per heavy atom. The fourth-order valence-corrected chi connectivity index (χ4v) is 1.78. The summed E-state index contributed by atoms with van der Waals surface area (Å²) in [4.78, 5) is 11.4. The number of rotatable bonds is 2. The molecule has 0 heterocycles. The monoisotopic (exact) mass is 212 g/mol. The molecule has 1 saturated carbocycles. The van der Waals surface area contributed by atoms with E-state index in [1.165, 1.54) is 19.2 Å². The van der Waals surface area contributed by atoms with E-state index in [0.717, 1.165) is 6.07 Å². The van der Waals surface area contributed by atoms with E-state index in [9.17, 15) is 13.6 Å². The molecular weight excluding hydrogens is 202 g/mol. The second kappa shape index (κ2) is 3.29. The van der Waals surface area contributed by atoms with Crippen LogP contribution in [0, 0.1) is 11.6 Å². The molecule has 2 nitrogen and oxygen atoms in total. The molecule has 2 rings (SSSR count). The molecule has 15 heavy (non-hydrogen) atoms. The molecule has 0 amide bonds. The van der Waals surface area contributed by atoms with Crippen LogP contribution in [0.2, 0.25) is 0 Å². The molecule has 0 aromatic heterocycles. The number of hydrogen-bond donors (Lipinski definition) is 0. The molecule has 1 aliphatic rings. The Hall–Kier alpha value is -1.45. The van der Waals surface area contributed by atoms with Crippen molar-refractivity contribution in [2.45, 2.75) is 18.3 Å². The molecule has 0 N–H and O–H groups in total. The quantitative estimate of drug-likeness (QED) is 0.702. The topological polar surface area (TPSA) is 26.3 Å². The zero-order chi connectivity index (χ0) is 11.1. The Kier molecular flexibility index (Phi) is 2.21. The van der Waals surface area contributed by atoms with E-state index in [1.54, 1.807) is 0 Å². The van der Waals surface area contributed by atoms with Gasteiger partial charge in [0.15, 0.2) is 11.6 Å². The van der Waals surface area contributed by atoms with E-state index in [2.05, 4.69) is 4.74 Å². The van der Waals surface area contributed by atoms with Crippen molar-refractivity contribution in [2.75, 3.05) is 7.11 Å². The van der Waals surface area contributed by atoms with Crippen LogP contribution in [0.1, 0.15) is 18.4 Å². The van der Waals surface area contributed by atoms with Crippen LogP contribution in [0.15, 0.2) is 18.2 Å². The normalized spacial score (nSPS) is 17.3. The van der Waals surface area contributed by atoms with Crippen molar-refractivity contribution < 1.29 is 18.3 Å². The van der Waals surface area contributed by atoms with Gasteiger partial charge in [-0.25, -0.2) is 8.78 Å². The van der Waals surface area contributed by atoms with Gasteiger partial charge >= 0.3 is 5.97 Å². The Labute approximate surface area is 85.9 Å².